The molecule has 25 heavy (non-hydrogen) atoms. The summed E-state index contributed by atoms with van der Waals surface area (Å²) in [7, 11) is 0. The van der Waals surface area contributed by atoms with Crippen molar-refractivity contribution in [2.45, 2.75) is 57.6 Å². The first-order valence-corrected chi connectivity index (χ1v) is 9.81. The van der Waals surface area contributed by atoms with Crippen LogP contribution in [0.3, 0.4) is 0 Å². The van der Waals surface area contributed by atoms with Gasteiger partial charge in [-0.15, -0.1) is 5.10 Å². The first-order chi connectivity index (χ1) is 12.1. The van der Waals surface area contributed by atoms with Crippen molar-refractivity contribution in [2.75, 3.05) is 5.32 Å². The number of aliphatic hydroxyl groups excluding tert-OH is 1. The number of nitrogens with one attached hydrogen (secondary N) is 1. The summed E-state index contributed by atoms with van der Waals surface area (Å²) in [5, 5.41) is 18.8. The first kappa shape index (κ1) is 16.5. The SMILES string of the molecule is CC(C)c1ccc(-c2cnc3sc(NC4CCC(O)CC4)nn23)cc1. The van der Waals surface area contributed by atoms with E-state index >= 15 is 0 Å². The minimum atomic E-state index is -0.132. The summed E-state index contributed by atoms with van der Waals surface area (Å²) in [4.78, 5) is 5.42. The number of aromatic nitrogens is 3. The molecule has 132 valence electrons. The summed E-state index contributed by atoms with van der Waals surface area (Å²) in [6.45, 7) is 4.41. The van der Waals surface area contributed by atoms with Gasteiger partial charge in [0.1, 0.15) is 0 Å². The van der Waals surface area contributed by atoms with E-state index in [0.29, 0.717) is 12.0 Å². The molecule has 1 saturated carbocycles. The van der Waals surface area contributed by atoms with E-state index in [1.165, 1.54) is 5.56 Å². The smallest absolute Gasteiger partial charge is 0.214 e. The van der Waals surface area contributed by atoms with E-state index in [0.717, 1.165) is 47.0 Å². The standard InChI is InChI=1S/C19H24N4OS/c1-12(2)13-3-5-14(6-4-13)17-11-20-19-23(17)22-18(25-19)21-15-7-9-16(24)10-8-15/h3-6,11-12,15-16,24H,7-10H2,1-2H3,(H,21,22). The van der Waals surface area contributed by atoms with Crippen LogP contribution in [0, 0.1) is 0 Å². The molecule has 0 atom stereocenters. The maximum Gasteiger partial charge on any atom is 0.214 e. The molecule has 1 aliphatic carbocycles. The topological polar surface area (TPSA) is 62.5 Å². The van der Waals surface area contributed by atoms with Gasteiger partial charge in [0.25, 0.3) is 0 Å². The molecule has 5 nitrogen and oxygen atoms in total. The Kier molecular flexibility index (Phi) is 4.48. The molecule has 0 saturated heterocycles. The summed E-state index contributed by atoms with van der Waals surface area (Å²) in [5.41, 5.74) is 3.49. The second-order valence-electron chi connectivity index (χ2n) is 7.17. The summed E-state index contributed by atoms with van der Waals surface area (Å²) >= 11 is 1.58. The monoisotopic (exact) mass is 356 g/mol. The van der Waals surface area contributed by atoms with Crippen LogP contribution in [-0.4, -0.2) is 31.9 Å². The number of aliphatic hydroxyl groups is 1. The Labute approximate surface area is 151 Å². The van der Waals surface area contributed by atoms with E-state index in [9.17, 15) is 5.11 Å². The fourth-order valence-corrected chi connectivity index (χ4v) is 4.23. The molecule has 0 bridgehead atoms. The van der Waals surface area contributed by atoms with Crippen LogP contribution in [0.2, 0.25) is 0 Å². The molecule has 3 aromatic rings. The van der Waals surface area contributed by atoms with Crippen LogP contribution in [-0.2, 0) is 0 Å². The normalized spacial score (nSPS) is 21.1. The summed E-state index contributed by atoms with van der Waals surface area (Å²) in [6, 6.07) is 9.05. The average molecular weight is 356 g/mol. The van der Waals surface area contributed by atoms with Gasteiger partial charge in [0, 0.05) is 11.6 Å². The molecule has 2 N–H and O–H groups in total. The molecule has 0 aliphatic heterocycles. The summed E-state index contributed by atoms with van der Waals surface area (Å²) < 4.78 is 1.93. The highest BCUT2D eigenvalue weighted by molar-refractivity contribution is 7.20. The molecular formula is C19H24N4OS. The van der Waals surface area contributed by atoms with E-state index in [1.54, 1.807) is 11.3 Å². The van der Waals surface area contributed by atoms with Crippen LogP contribution in [0.15, 0.2) is 30.5 Å². The maximum atomic E-state index is 9.64. The molecule has 1 aliphatic rings. The van der Waals surface area contributed by atoms with E-state index in [1.807, 2.05) is 10.7 Å². The van der Waals surface area contributed by atoms with Crippen LogP contribution in [0.25, 0.3) is 16.2 Å². The van der Waals surface area contributed by atoms with Crippen LogP contribution in [0.4, 0.5) is 5.13 Å². The Morgan fingerprint density at radius 2 is 1.88 bits per heavy atom. The highest BCUT2D eigenvalue weighted by Gasteiger charge is 2.21. The fraction of sp³-hybridized carbons (Fsp3) is 0.474. The van der Waals surface area contributed by atoms with Crippen molar-refractivity contribution >= 4 is 21.4 Å². The highest BCUT2D eigenvalue weighted by atomic mass is 32.1. The predicted molar refractivity (Wildman–Crippen MR) is 102 cm³/mol. The molecule has 2 aromatic heterocycles. The summed E-state index contributed by atoms with van der Waals surface area (Å²) in [5.74, 6) is 0.531. The quantitative estimate of drug-likeness (QED) is 0.732. The minimum absolute atomic E-state index is 0.132. The molecule has 4 rings (SSSR count). The number of hydrogen-bond acceptors (Lipinski definition) is 5. The minimum Gasteiger partial charge on any atom is -0.393 e. The van der Waals surface area contributed by atoms with Gasteiger partial charge in [0.2, 0.25) is 10.1 Å². The fourth-order valence-electron chi connectivity index (χ4n) is 3.38. The number of anilines is 1. The number of hydrogen-bond donors (Lipinski definition) is 2. The Morgan fingerprint density at radius 1 is 1.16 bits per heavy atom. The molecule has 1 aromatic carbocycles. The van der Waals surface area contributed by atoms with Crippen LogP contribution in [0.1, 0.15) is 51.0 Å². The second kappa shape index (κ2) is 6.77. The van der Waals surface area contributed by atoms with Gasteiger partial charge < -0.3 is 10.4 Å². The highest BCUT2D eigenvalue weighted by Crippen LogP contribution is 2.29. The van der Waals surface area contributed by atoms with Gasteiger partial charge in [-0.25, -0.2) is 9.50 Å². The molecule has 0 amide bonds. The Hall–Kier alpha value is -1.92. The lowest BCUT2D eigenvalue weighted by molar-refractivity contribution is 0.126. The van der Waals surface area contributed by atoms with Crippen molar-refractivity contribution < 1.29 is 5.11 Å². The molecule has 0 spiro atoms. The number of imidazole rings is 1. The van der Waals surface area contributed by atoms with Gasteiger partial charge >= 0.3 is 0 Å². The van der Waals surface area contributed by atoms with Gasteiger partial charge in [-0.2, -0.15) is 0 Å². The molecule has 0 radical (unpaired) electrons. The van der Waals surface area contributed by atoms with Gasteiger partial charge in [0.15, 0.2) is 0 Å². The molecule has 6 heteroatoms. The molecule has 2 heterocycles. The largest absolute Gasteiger partial charge is 0.393 e. The predicted octanol–water partition coefficient (Wildman–Crippen LogP) is 4.30. The zero-order valence-corrected chi connectivity index (χ0v) is 15.5. The number of rotatable bonds is 4. The molecule has 0 unspecified atom stereocenters. The molecule has 1 fully saturated rings. The van der Waals surface area contributed by atoms with Crippen molar-refractivity contribution in [3.05, 3.63) is 36.0 Å². The third-order valence-corrected chi connectivity index (χ3v) is 5.84. The van der Waals surface area contributed by atoms with Crippen molar-refractivity contribution in [3.63, 3.8) is 0 Å². The zero-order chi connectivity index (χ0) is 17.4. The van der Waals surface area contributed by atoms with Gasteiger partial charge in [-0.3, -0.25) is 0 Å². The lowest BCUT2D eigenvalue weighted by Gasteiger charge is -2.25. The maximum absolute atomic E-state index is 9.64. The third-order valence-electron chi connectivity index (χ3n) is 4.98. The lowest BCUT2D eigenvalue weighted by Crippen LogP contribution is -2.28. The zero-order valence-electron chi connectivity index (χ0n) is 14.6. The van der Waals surface area contributed by atoms with Gasteiger partial charge in [-0.05, 0) is 37.2 Å². The number of nitrogens with zero attached hydrogens (tertiary/aromatic N) is 3. The first-order valence-electron chi connectivity index (χ1n) is 8.99. The van der Waals surface area contributed by atoms with Gasteiger partial charge in [0.05, 0.1) is 18.0 Å². The van der Waals surface area contributed by atoms with Crippen LogP contribution in [0.5, 0.6) is 0 Å². The van der Waals surface area contributed by atoms with Crippen LogP contribution >= 0.6 is 11.3 Å². The Morgan fingerprint density at radius 3 is 2.56 bits per heavy atom. The summed E-state index contributed by atoms with van der Waals surface area (Å²) in [6.07, 6.45) is 5.48. The van der Waals surface area contributed by atoms with Crippen molar-refractivity contribution in [1.29, 1.82) is 0 Å². The van der Waals surface area contributed by atoms with E-state index in [2.05, 4.69) is 48.4 Å². The molecular weight excluding hydrogens is 332 g/mol. The Balaban J connectivity index is 1.56. The van der Waals surface area contributed by atoms with Crippen LogP contribution < -0.4 is 5.32 Å². The lowest BCUT2D eigenvalue weighted by atomic mass is 9.93. The third kappa shape index (κ3) is 3.41. The van der Waals surface area contributed by atoms with E-state index in [-0.39, 0.29) is 6.10 Å². The van der Waals surface area contributed by atoms with Crippen molar-refractivity contribution in [2.24, 2.45) is 0 Å². The Bertz CT molecular complexity index is 844. The number of fused-ring (bicyclic) bond motifs is 1. The second-order valence-corrected chi connectivity index (χ2v) is 8.13. The average Bonchev–Trinajstić information content (AvgIpc) is 3.17. The van der Waals surface area contributed by atoms with Gasteiger partial charge in [-0.1, -0.05) is 49.4 Å². The van der Waals surface area contributed by atoms with Crippen molar-refractivity contribution in [1.82, 2.24) is 14.6 Å². The van der Waals surface area contributed by atoms with E-state index < -0.39 is 0 Å². The van der Waals surface area contributed by atoms with Crippen molar-refractivity contribution in [3.8, 4) is 11.3 Å². The number of benzene rings is 1. The van der Waals surface area contributed by atoms with E-state index in [4.69, 9.17) is 5.10 Å².